The third-order valence-corrected chi connectivity index (χ3v) is 3.52. The maximum absolute atomic E-state index is 6.00. The minimum atomic E-state index is 0.560. The van der Waals surface area contributed by atoms with Crippen molar-refractivity contribution in [2.75, 3.05) is 12.3 Å². The topological polar surface area (TPSA) is 24.9 Å². The number of pyridine rings is 1. The van der Waals surface area contributed by atoms with E-state index in [1.54, 1.807) is 18.0 Å². The Balaban J connectivity index is 2.29. The second-order valence-electron chi connectivity index (χ2n) is 3.39. The highest BCUT2D eigenvalue weighted by molar-refractivity contribution is 7.99. The molecule has 84 valence electrons. The molecule has 1 rings (SSSR count). The van der Waals surface area contributed by atoms with E-state index in [1.807, 2.05) is 12.1 Å². The molecule has 0 spiro atoms. The van der Waals surface area contributed by atoms with Gasteiger partial charge in [0.05, 0.1) is 5.02 Å². The summed E-state index contributed by atoms with van der Waals surface area (Å²) in [7, 11) is 0. The van der Waals surface area contributed by atoms with Crippen LogP contribution in [0.1, 0.15) is 20.3 Å². The zero-order chi connectivity index (χ0) is 11.1. The molecule has 0 aliphatic heterocycles. The van der Waals surface area contributed by atoms with Crippen LogP contribution in [0.5, 0.6) is 0 Å². The smallest absolute Gasteiger partial charge is 0.115 e. The van der Waals surface area contributed by atoms with Gasteiger partial charge in [-0.25, -0.2) is 4.98 Å². The van der Waals surface area contributed by atoms with Crippen molar-refractivity contribution in [3.63, 3.8) is 0 Å². The van der Waals surface area contributed by atoms with Crippen molar-refractivity contribution in [2.45, 2.75) is 31.3 Å². The van der Waals surface area contributed by atoms with E-state index in [9.17, 15) is 0 Å². The lowest BCUT2D eigenvalue weighted by atomic mass is 10.3. The van der Waals surface area contributed by atoms with Gasteiger partial charge in [0.1, 0.15) is 5.03 Å². The molecule has 2 nitrogen and oxygen atoms in total. The Hall–Kier alpha value is -0.250. The van der Waals surface area contributed by atoms with Crippen LogP contribution in [0, 0.1) is 0 Å². The van der Waals surface area contributed by atoms with Gasteiger partial charge >= 0.3 is 0 Å². The Morgan fingerprint density at radius 2 is 2.40 bits per heavy atom. The zero-order valence-corrected chi connectivity index (χ0v) is 10.7. The number of thioether (sulfide) groups is 1. The molecule has 0 fully saturated rings. The first kappa shape index (κ1) is 12.8. The Morgan fingerprint density at radius 3 is 3.07 bits per heavy atom. The van der Waals surface area contributed by atoms with Crippen LogP contribution < -0.4 is 5.32 Å². The summed E-state index contributed by atoms with van der Waals surface area (Å²) in [5.41, 5.74) is 0. The van der Waals surface area contributed by atoms with Gasteiger partial charge in [0.25, 0.3) is 0 Å². The standard InChI is InChI=1S/C11H17ClN2S/c1-3-13-9(2)6-8-15-11-10(12)5-4-7-14-11/h4-5,7,9,13H,3,6,8H2,1-2H3. The monoisotopic (exact) mass is 244 g/mol. The SMILES string of the molecule is CCNC(C)CCSc1ncccc1Cl. The molecule has 0 aliphatic rings. The van der Waals surface area contributed by atoms with E-state index in [0.29, 0.717) is 6.04 Å². The quantitative estimate of drug-likeness (QED) is 0.778. The highest BCUT2D eigenvalue weighted by Crippen LogP contribution is 2.24. The van der Waals surface area contributed by atoms with E-state index < -0.39 is 0 Å². The predicted molar refractivity (Wildman–Crippen MR) is 67.7 cm³/mol. The first-order valence-electron chi connectivity index (χ1n) is 5.20. The average Bonchev–Trinajstić information content (AvgIpc) is 2.21. The van der Waals surface area contributed by atoms with Crippen molar-refractivity contribution < 1.29 is 0 Å². The van der Waals surface area contributed by atoms with Gasteiger partial charge in [0.15, 0.2) is 0 Å². The number of hydrogen-bond acceptors (Lipinski definition) is 3. The lowest BCUT2D eigenvalue weighted by molar-refractivity contribution is 0.556. The Bertz CT molecular complexity index is 294. The number of rotatable bonds is 6. The molecule has 0 aliphatic carbocycles. The lowest BCUT2D eigenvalue weighted by Crippen LogP contribution is -2.25. The lowest BCUT2D eigenvalue weighted by Gasteiger charge is -2.11. The van der Waals surface area contributed by atoms with Crippen molar-refractivity contribution in [1.29, 1.82) is 0 Å². The third-order valence-electron chi connectivity index (χ3n) is 2.07. The molecule has 0 amide bonds. The van der Waals surface area contributed by atoms with Crippen LogP contribution in [-0.4, -0.2) is 23.3 Å². The van der Waals surface area contributed by atoms with Crippen molar-refractivity contribution in [1.82, 2.24) is 10.3 Å². The van der Waals surface area contributed by atoms with Crippen molar-refractivity contribution in [2.24, 2.45) is 0 Å². The molecular formula is C11H17ClN2S. The average molecular weight is 245 g/mol. The molecule has 0 bridgehead atoms. The van der Waals surface area contributed by atoms with Crippen LogP contribution >= 0.6 is 23.4 Å². The third kappa shape index (κ3) is 4.87. The molecule has 1 heterocycles. The van der Waals surface area contributed by atoms with E-state index in [-0.39, 0.29) is 0 Å². The van der Waals surface area contributed by atoms with E-state index in [2.05, 4.69) is 24.1 Å². The van der Waals surface area contributed by atoms with Crippen LogP contribution in [0.25, 0.3) is 0 Å². The van der Waals surface area contributed by atoms with Crippen molar-refractivity contribution in [3.8, 4) is 0 Å². The maximum Gasteiger partial charge on any atom is 0.115 e. The van der Waals surface area contributed by atoms with E-state index in [4.69, 9.17) is 11.6 Å². The van der Waals surface area contributed by atoms with Gasteiger partial charge in [-0.15, -0.1) is 11.8 Å². The molecule has 1 atom stereocenters. The Kier molecular flexibility index (Phi) is 6.06. The fourth-order valence-electron chi connectivity index (χ4n) is 1.26. The summed E-state index contributed by atoms with van der Waals surface area (Å²) in [5.74, 6) is 1.05. The van der Waals surface area contributed by atoms with Gasteiger partial charge < -0.3 is 5.32 Å². The number of aromatic nitrogens is 1. The predicted octanol–water partition coefficient (Wildman–Crippen LogP) is 3.22. The molecule has 0 aromatic carbocycles. The van der Waals surface area contributed by atoms with E-state index >= 15 is 0 Å². The molecule has 0 saturated carbocycles. The molecule has 0 radical (unpaired) electrons. The summed E-state index contributed by atoms with van der Waals surface area (Å²) in [6.45, 7) is 5.35. The van der Waals surface area contributed by atoms with Crippen LogP contribution in [-0.2, 0) is 0 Å². The highest BCUT2D eigenvalue weighted by Gasteiger charge is 2.03. The largest absolute Gasteiger partial charge is 0.315 e. The van der Waals surface area contributed by atoms with Gasteiger partial charge in [-0.3, -0.25) is 0 Å². The normalized spacial score (nSPS) is 12.7. The summed E-state index contributed by atoms with van der Waals surface area (Å²) in [5, 5.41) is 5.06. The summed E-state index contributed by atoms with van der Waals surface area (Å²) < 4.78 is 0. The number of nitrogens with zero attached hydrogens (tertiary/aromatic N) is 1. The number of hydrogen-bond donors (Lipinski definition) is 1. The summed E-state index contributed by atoms with van der Waals surface area (Å²) in [6, 6.07) is 4.29. The molecular weight excluding hydrogens is 228 g/mol. The van der Waals surface area contributed by atoms with Gasteiger partial charge in [-0.05, 0) is 32.0 Å². The van der Waals surface area contributed by atoms with Gasteiger partial charge in [0.2, 0.25) is 0 Å². The van der Waals surface area contributed by atoms with Gasteiger partial charge in [-0.1, -0.05) is 18.5 Å². The number of halogens is 1. The van der Waals surface area contributed by atoms with E-state index in [0.717, 1.165) is 28.8 Å². The fourth-order valence-corrected chi connectivity index (χ4v) is 2.55. The molecule has 4 heteroatoms. The molecule has 1 aromatic rings. The van der Waals surface area contributed by atoms with Crippen LogP contribution in [0.15, 0.2) is 23.4 Å². The summed E-state index contributed by atoms with van der Waals surface area (Å²) >= 11 is 7.72. The molecule has 1 aromatic heterocycles. The Morgan fingerprint density at radius 1 is 1.60 bits per heavy atom. The van der Waals surface area contributed by atoms with E-state index in [1.165, 1.54) is 0 Å². The van der Waals surface area contributed by atoms with Crippen LogP contribution in [0.2, 0.25) is 5.02 Å². The molecule has 15 heavy (non-hydrogen) atoms. The number of nitrogens with one attached hydrogen (secondary N) is 1. The minimum Gasteiger partial charge on any atom is -0.315 e. The second kappa shape index (κ2) is 7.09. The zero-order valence-electron chi connectivity index (χ0n) is 9.16. The van der Waals surface area contributed by atoms with Gasteiger partial charge in [-0.2, -0.15) is 0 Å². The van der Waals surface area contributed by atoms with Crippen LogP contribution in [0.3, 0.4) is 0 Å². The van der Waals surface area contributed by atoms with Crippen LogP contribution in [0.4, 0.5) is 0 Å². The second-order valence-corrected chi connectivity index (χ2v) is 4.88. The summed E-state index contributed by atoms with van der Waals surface area (Å²) in [4.78, 5) is 4.23. The molecule has 1 unspecified atom stereocenters. The van der Waals surface area contributed by atoms with Crippen molar-refractivity contribution in [3.05, 3.63) is 23.4 Å². The first-order chi connectivity index (χ1) is 7.24. The van der Waals surface area contributed by atoms with Crippen molar-refractivity contribution >= 4 is 23.4 Å². The molecule has 0 saturated heterocycles. The minimum absolute atomic E-state index is 0.560. The molecule has 1 N–H and O–H groups in total. The first-order valence-corrected chi connectivity index (χ1v) is 6.57. The highest BCUT2D eigenvalue weighted by atomic mass is 35.5. The maximum atomic E-state index is 6.00. The fraction of sp³-hybridized carbons (Fsp3) is 0.545. The Labute approximate surface area is 101 Å². The summed E-state index contributed by atoms with van der Waals surface area (Å²) in [6.07, 6.45) is 2.91. The van der Waals surface area contributed by atoms with Gasteiger partial charge in [0, 0.05) is 18.0 Å².